The summed E-state index contributed by atoms with van der Waals surface area (Å²) in [6.07, 6.45) is 2.32. The Bertz CT molecular complexity index is 489. The van der Waals surface area contributed by atoms with Gasteiger partial charge in [0.2, 0.25) is 5.91 Å². The smallest absolute Gasteiger partial charge is 0.287 e. The highest BCUT2D eigenvalue weighted by molar-refractivity contribution is 6.32. The van der Waals surface area contributed by atoms with E-state index in [1.165, 1.54) is 10.9 Å². The van der Waals surface area contributed by atoms with Crippen molar-refractivity contribution in [2.75, 3.05) is 25.6 Å². The highest BCUT2D eigenvalue weighted by Gasteiger charge is 2.08. The molecule has 1 heterocycles. The molecule has 19 heavy (non-hydrogen) atoms. The van der Waals surface area contributed by atoms with Crippen LogP contribution in [0.25, 0.3) is 0 Å². The molecule has 0 saturated carbocycles. The largest absolute Gasteiger partial charge is 0.383 e. The van der Waals surface area contributed by atoms with Gasteiger partial charge in [-0.2, -0.15) is 5.10 Å². The quantitative estimate of drug-likeness (QED) is 0.667. The minimum absolute atomic E-state index is 0.0742. The highest BCUT2D eigenvalue weighted by atomic mass is 35.5. The monoisotopic (exact) mass is 288 g/mol. The van der Waals surface area contributed by atoms with E-state index in [1.54, 1.807) is 7.11 Å². The topological polar surface area (TPSA) is 99.2 Å². The lowest BCUT2D eigenvalue weighted by molar-refractivity contribution is -0.118. The summed E-state index contributed by atoms with van der Waals surface area (Å²) in [7, 11) is 1.54. The molecule has 0 radical (unpaired) electrons. The summed E-state index contributed by atoms with van der Waals surface area (Å²) < 4.78 is 6.11. The minimum Gasteiger partial charge on any atom is -0.383 e. The van der Waals surface area contributed by atoms with Crippen LogP contribution in [0.4, 0.5) is 5.69 Å². The molecular formula is C11H17ClN4O3. The Morgan fingerprint density at radius 3 is 3.00 bits per heavy atom. The third-order valence-corrected chi connectivity index (χ3v) is 2.77. The number of amides is 1. The molecule has 0 fully saturated rings. The summed E-state index contributed by atoms with van der Waals surface area (Å²) >= 11 is 5.95. The first-order valence-electron chi connectivity index (χ1n) is 5.83. The summed E-state index contributed by atoms with van der Waals surface area (Å²) in [6.45, 7) is 1.22. The van der Waals surface area contributed by atoms with Gasteiger partial charge in [-0.3, -0.25) is 9.59 Å². The van der Waals surface area contributed by atoms with Crippen LogP contribution in [0.1, 0.15) is 12.8 Å². The van der Waals surface area contributed by atoms with Gasteiger partial charge in [0.25, 0.3) is 5.56 Å². The zero-order valence-electron chi connectivity index (χ0n) is 10.7. The molecule has 0 aliphatic heterocycles. The number of nitrogens with one attached hydrogen (secondary N) is 1. The van der Waals surface area contributed by atoms with Crippen molar-refractivity contribution in [3.63, 3.8) is 0 Å². The maximum absolute atomic E-state index is 11.8. The maximum atomic E-state index is 11.8. The van der Waals surface area contributed by atoms with Gasteiger partial charge in [0.05, 0.1) is 25.0 Å². The van der Waals surface area contributed by atoms with Crippen LogP contribution in [-0.4, -0.2) is 35.9 Å². The highest BCUT2D eigenvalue weighted by Crippen LogP contribution is 2.15. The van der Waals surface area contributed by atoms with E-state index < -0.39 is 0 Å². The molecule has 0 aliphatic rings. The van der Waals surface area contributed by atoms with Gasteiger partial charge < -0.3 is 15.8 Å². The fourth-order valence-electron chi connectivity index (χ4n) is 1.41. The van der Waals surface area contributed by atoms with Crippen molar-refractivity contribution in [1.82, 2.24) is 9.78 Å². The molecule has 0 saturated heterocycles. The molecule has 1 amide bonds. The zero-order chi connectivity index (χ0) is 14.3. The molecule has 1 rings (SSSR count). The van der Waals surface area contributed by atoms with E-state index >= 15 is 0 Å². The van der Waals surface area contributed by atoms with Gasteiger partial charge in [-0.05, 0) is 6.42 Å². The second-order valence-corrected chi connectivity index (χ2v) is 4.27. The van der Waals surface area contributed by atoms with Crippen LogP contribution in [0.2, 0.25) is 5.02 Å². The third-order valence-electron chi connectivity index (χ3n) is 2.41. The predicted molar refractivity (Wildman–Crippen MR) is 72.3 cm³/mol. The molecule has 0 spiro atoms. The average molecular weight is 289 g/mol. The fraction of sp³-hybridized carbons (Fsp3) is 0.545. The molecule has 7 nitrogen and oxygen atoms in total. The number of primary amides is 1. The van der Waals surface area contributed by atoms with Gasteiger partial charge in [-0.1, -0.05) is 11.6 Å². The van der Waals surface area contributed by atoms with Crippen LogP contribution in [-0.2, 0) is 16.1 Å². The van der Waals surface area contributed by atoms with Crippen LogP contribution >= 0.6 is 11.6 Å². The van der Waals surface area contributed by atoms with Gasteiger partial charge in [0.1, 0.15) is 5.02 Å². The first-order valence-corrected chi connectivity index (χ1v) is 6.20. The summed E-state index contributed by atoms with van der Waals surface area (Å²) in [5.41, 5.74) is 5.09. The molecule has 0 aromatic carbocycles. The molecule has 1 aromatic heterocycles. The van der Waals surface area contributed by atoms with Gasteiger partial charge >= 0.3 is 0 Å². The molecule has 3 N–H and O–H groups in total. The molecule has 1 aromatic rings. The van der Waals surface area contributed by atoms with E-state index in [4.69, 9.17) is 22.1 Å². The van der Waals surface area contributed by atoms with Gasteiger partial charge in [0, 0.05) is 20.1 Å². The Kier molecular flexibility index (Phi) is 6.31. The van der Waals surface area contributed by atoms with Crippen LogP contribution in [0.5, 0.6) is 0 Å². The lowest BCUT2D eigenvalue weighted by atomic mass is 10.3. The molecule has 0 bridgehead atoms. The summed E-state index contributed by atoms with van der Waals surface area (Å²) in [6, 6.07) is 0. The number of hydrogen-bond acceptors (Lipinski definition) is 5. The van der Waals surface area contributed by atoms with Crippen LogP contribution in [0.3, 0.4) is 0 Å². The SMILES string of the molecule is COCCn1ncc(NCCCC(N)=O)c(Cl)c1=O. The minimum atomic E-state index is -0.376. The van der Waals surface area contributed by atoms with E-state index in [-0.39, 0.29) is 22.9 Å². The zero-order valence-corrected chi connectivity index (χ0v) is 11.4. The molecule has 106 valence electrons. The van der Waals surface area contributed by atoms with Crippen molar-refractivity contribution in [2.45, 2.75) is 19.4 Å². The van der Waals surface area contributed by atoms with E-state index in [0.717, 1.165) is 0 Å². The van der Waals surface area contributed by atoms with E-state index in [2.05, 4.69) is 10.4 Å². The fourth-order valence-corrected chi connectivity index (χ4v) is 1.62. The second kappa shape index (κ2) is 7.75. The van der Waals surface area contributed by atoms with Crippen molar-refractivity contribution >= 4 is 23.2 Å². The van der Waals surface area contributed by atoms with Crippen molar-refractivity contribution < 1.29 is 9.53 Å². The Morgan fingerprint density at radius 2 is 2.37 bits per heavy atom. The van der Waals surface area contributed by atoms with E-state index in [9.17, 15) is 9.59 Å². The lowest BCUT2D eigenvalue weighted by Gasteiger charge is -2.09. The number of nitrogens with zero attached hydrogens (tertiary/aromatic N) is 2. The van der Waals surface area contributed by atoms with E-state index in [0.29, 0.717) is 31.8 Å². The third kappa shape index (κ3) is 4.88. The molecule has 8 heteroatoms. The Balaban J connectivity index is 2.63. The molecule has 0 aliphatic carbocycles. The molecule has 0 atom stereocenters. The van der Waals surface area contributed by atoms with Crippen LogP contribution in [0.15, 0.2) is 11.0 Å². The number of hydrogen-bond donors (Lipinski definition) is 2. The predicted octanol–water partition coefficient (Wildman–Crippen LogP) is 0.221. The van der Waals surface area contributed by atoms with Crippen LogP contribution < -0.4 is 16.6 Å². The number of nitrogens with two attached hydrogens (primary N) is 1. The number of halogens is 1. The number of anilines is 1. The number of rotatable bonds is 8. The van der Waals surface area contributed by atoms with Gasteiger partial charge in [0.15, 0.2) is 0 Å². The van der Waals surface area contributed by atoms with Crippen LogP contribution in [0, 0.1) is 0 Å². The van der Waals surface area contributed by atoms with Gasteiger partial charge in [-0.25, -0.2) is 4.68 Å². The summed E-state index contributed by atoms with van der Waals surface area (Å²) in [5.74, 6) is -0.360. The van der Waals surface area contributed by atoms with E-state index in [1.807, 2.05) is 0 Å². The van der Waals surface area contributed by atoms with Crippen molar-refractivity contribution in [1.29, 1.82) is 0 Å². The number of ether oxygens (including phenoxy) is 1. The second-order valence-electron chi connectivity index (χ2n) is 3.89. The first-order chi connectivity index (χ1) is 9.06. The summed E-state index contributed by atoms with van der Waals surface area (Å²) in [5, 5.41) is 7.00. The Hall–Kier alpha value is -1.60. The van der Waals surface area contributed by atoms with Crippen molar-refractivity contribution in [2.24, 2.45) is 5.73 Å². The Morgan fingerprint density at radius 1 is 1.63 bits per heavy atom. The molecular weight excluding hydrogens is 272 g/mol. The normalized spacial score (nSPS) is 10.4. The van der Waals surface area contributed by atoms with Crippen molar-refractivity contribution in [3.05, 3.63) is 21.6 Å². The Labute approximate surface area is 115 Å². The standard InChI is InChI=1S/C11H17ClN4O3/c1-19-6-5-16-11(18)10(12)8(7-15-16)14-4-2-3-9(13)17/h7,14H,2-6H2,1H3,(H2,13,17). The first kappa shape index (κ1) is 15.5. The average Bonchev–Trinajstić information content (AvgIpc) is 2.38. The number of aromatic nitrogens is 2. The van der Waals surface area contributed by atoms with Gasteiger partial charge in [-0.15, -0.1) is 0 Å². The maximum Gasteiger partial charge on any atom is 0.287 e. The van der Waals surface area contributed by atoms with Crippen molar-refractivity contribution in [3.8, 4) is 0 Å². The number of methoxy groups -OCH3 is 1. The number of carbonyl (C=O) groups is 1. The summed E-state index contributed by atoms with van der Waals surface area (Å²) in [4.78, 5) is 22.4. The molecule has 0 unspecified atom stereocenters. The number of carbonyl (C=O) groups excluding carboxylic acids is 1. The lowest BCUT2D eigenvalue weighted by Crippen LogP contribution is -2.26.